The van der Waals surface area contributed by atoms with Crippen LogP contribution >= 0.6 is 11.3 Å². The van der Waals surface area contributed by atoms with E-state index in [0.29, 0.717) is 5.56 Å². The lowest BCUT2D eigenvalue weighted by atomic mass is 10.1. The summed E-state index contributed by atoms with van der Waals surface area (Å²) in [7, 11) is 0. The van der Waals surface area contributed by atoms with Gasteiger partial charge in [-0.15, -0.1) is 11.3 Å². The van der Waals surface area contributed by atoms with Crippen molar-refractivity contribution in [3.05, 3.63) is 57.3 Å². The van der Waals surface area contributed by atoms with Crippen LogP contribution in [0.15, 0.2) is 40.8 Å². The highest BCUT2D eigenvalue weighted by Crippen LogP contribution is 2.09. The first-order valence-corrected chi connectivity index (χ1v) is 6.49. The first-order valence-electron chi connectivity index (χ1n) is 5.61. The zero-order chi connectivity index (χ0) is 13.0. The normalized spacial score (nSPS) is 10.8. The van der Waals surface area contributed by atoms with Crippen molar-refractivity contribution in [2.24, 2.45) is 5.10 Å². The number of carbonyl (C=O) groups is 1. The molecule has 0 spiro atoms. The van der Waals surface area contributed by atoms with Gasteiger partial charge in [-0.05, 0) is 48.6 Å². The van der Waals surface area contributed by atoms with Crippen LogP contribution in [0.4, 0.5) is 0 Å². The Labute approximate surface area is 110 Å². The van der Waals surface area contributed by atoms with Gasteiger partial charge in [-0.2, -0.15) is 5.10 Å². The minimum atomic E-state index is -0.189. The van der Waals surface area contributed by atoms with Crippen molar-refractivity contribution in [2.75, 3.05) is 0 Å². The van der Waals surface area contributed by atoms with E-state index in [4.69, 9.17) is 0 Å². The largest absolute Gasteiger partial charge is 0.271 e. The Balaban J connectivity index is 2.01. The van der Waals surface area contributed by atoms with Crippen molar-refractivity contribution in [1.29, 1.82) is 0 Å². The van der Waals surface area contributed by atoms with Gasteiger partial charge >= 0.3 is 0 Å². The molecule has 0 aliphatic carbocycles. The molecule has 0 fully saturated rings. The van der Waals surface area contributed by atoms with Crippen molar-refractivity contribution in [3.63, 3.8) is 0 Å². The van der Waals surface area contributed by atoms with E-state index in [2.05, 4.69) is 10.5 Å². The Bertz CT molecular complexity index is 573. The number of rotatable bonds is 3. The third-order valence-electron chi connectivity index (χ3n) is 2.67. The summed E-state index contributed by atoms with van der Waals surface area (Å²) in [4.78, 5) is 12.8. The van der Waals surface area contributed by atoms with E-state index >= 15 is 0 Å². The lowest BCUT2D eigenvalue weighted by Gasteiger charge is -2.03. The molecule has 0 saturated heterocycles. The summed E-state index contributed by atoms with van der Waals surface area (Å²) in [5.74, 6) is -0.189. The van der Waals surface area contributed by atoms with Crippen LogP contribution in [-0.2, 0) is 0 Å². The Morgan fingerprint density at radius 1 is 1.28 bits per heavy atom. The van der Waals surface area contributed by atoms with E-state index < -0.39 is 0 Å². The van der Waals surface area contributed by atoms with Crippen LogP contribution in [0.5, 0.6) is 0 Å². The van der Waals surface area contributed by atoms with Gasteiger partial charge in [-0.25, -0.2) is 5.43 Å². The van der Waals surface area contributed by atoms with E-state index in [9.17, 15) is 4.79 Å². The number of hydrogen-bond acceptors (Lipinski definition) is 3. The fourth-order valence-corrected chi connectivity index (χ4v) is 2.05. The molecule has 1 N–H and O–H groups in total. The minimum absolute atomic E-state index is 0.189. The summed E-state index contributed by atoms with van der Waals surface area (Å²) in [5.41, 5.74) is 5.42. The van der Waals surface area contributed by atoms with Gasteiger partial charge in [0.1, 0.15) is 0 Å². The number of nitrogens with one attached hydrogen (secondary N) is 1. The minimum Gasteiger partial charge on any atom is -0.267 e. The van der Waals surface area contributed by atoms with Gasteiger partial charge in [0.2, 0.25) is 0 Å². The maximum absolute atomic E-state index is 11.8. The monoisotopic (exact) mass is 258 g/mol. The van der Waals surface area contributed by atoms with Gasteiger partial charge in [-0.3, -0.25) is 4.79 Å². The van der Waals surface area contributed by atoms with Crippen LogP contribution in [0, 0.1) is 13.8 Å². The van der Waals surface area contributed by atoms with Gasteiger partial charge in [-0.1, -0.05) is 12.1 Å². The summed E-state index contributed by atoms with van der Waals surface area (Å²) in [5, 5.41) is 5.89. The van der Waals surface area contributed by atoms with Gasteiger partial charge in [0.05, 0.1) is 6.21 Å². The molecule has 4 heteroatoms. The fraction of sp³-hybridized carbons (Fsp3) is 0.143. The number of nitrogens with zero attached hydrogens (tertiary/aromatic N) is 1. The molecule has 1 aromatic heterocycles. The van der Waals surface area contributed by atoms with Crippen LogP contribution in [0.1, 0.15) is 26.4 Å². The van der Waals surface area contributed by atoms with Crippen LogP contribution in [-0.4, -0.2) is 12.1 Å². The fourth-order valence-electron chi connectivity index (χ4n) is 1.47. The lowest BCUT2D eigenvalue weighted by molar-refractivity contribution is 0.0955. The third kappa shape index (κ3) is 3.05. The molecule has 1 heterocycles. The van der Waals surface area contributed by atoms with E-state index in [1.54, 1.807) is 23.6 Å². The molecule has 92 valence electrons. The van der Waals surface area contributed by atoms with Crippen molar-refractivity contribution >= 4 is 23.5 Å². The molecule has 1 amide bonds. The molecule has 0 saturated carbocycles. The number of thiophene rings is 1. The van der Waals surface area contributed by atoms with Crippen molar-refractivity contribution in [2.45, 2.75) is 13.8 Å². The van der Waals surface area contributed by atoms with Gasteiger partial charge in [0.25, 0.3) is 5.91 Å². The first-order chi connectivity index (χ1) is 8.66. The maximum Gasteiger partial charge on any atom is 0.271 e. The van der Waals surface area contributed by atoms with E-state index in [-0.39, 0.29) is 5.91 Å². The first kappa shape index (κ1) is 12.5. The van der Waals surface area contributed by atoms with Crippen LogP contribution in [0.25, 0.3) is 0 Å². The second-order valence-electron chi connectivity index (χ2n) is 4.01. The average Bonchev–Trinajstić information content (AvgIpc) is 2.85. The summed E-state index contributed by atoms with van der Waals surface area (Å²) < 4.78 is 0. The third-order valence-corrected chi connectivity index (χ3v) is 3.48. The van der Waals surface area contributed by atoms with Crippen molar-refractivity contribution < 1.29 is 4.79 Å². The highest BCUT2D eigenvalue weighted by molar-refractivity contribution is 7.11. The molecule has 3 nitrogen and oxygen atoms in total. The molecule has 0 aliphatic heterocycles. The SMILES string of the molecule is Cc1ccc(C(=O)NN=Cc2cccs2)cc1C. The number of aryl methyl sites for hydroxylation is 2. The van der Waals surface area contributed by atoms with E-state index in [1.165, 1.54) is 5.56 Å². The summed E-state index contributed by atoms with van der Waals surface area (Å²) >= 11 is 1.57. The molecular weight excluding hydrogens is 244 g/mol. The van der Waals surface area contributed by atoms with Gasteiger partial charge in [0.15, 0.2) is 0 Å². The van der Waals surface area contributed by atoms with Crippen LogP contribution < -0.4 is 5.43 Å². The summed E-state index contributed by atoms with van der Waals surface area (Å²) in [6.07, 6.45) is 1.64. The molecular formula is C14H14N2OS. The highest BCUT2D eigenvalue weighted by Gasteiger charge is 2.04. The predicted molar refractivity (Wildman–Crippen MR) is 75.3 cm³/mol. The molecule has 18 heavy (non-hydrogen) atoms. The molecule has 2 aromatic rings. The summed E-state index contributed by atoms with van der Waals surface area (Å²) in [6, 6.07) is 9.49. The quantitative estimate of drug-likeness (QED) is 0.667. The van der Waals surface area contributed by atoms with Crippen molar-refractivity contribution in [3.8, 4) is 0 Å². The Morgan fingerprint density at radius 2 is 2.11 bits per heavy atom. The van der Waals surface area contributed by atoms with Crippen molar-refractivity contribution in [1.82, 2.24) is 5.43 Å². The highest BCUT2D eigenvalue weighted by atomic mass is 32.1. The number of carbonyl (C=O) groups excluding carboxylic acids is 1. The number of amides is 1. The van der Waals surface area contributed by atoms with Gasteiger partial charge in [0, 0.05) is 10.4 Å². The number of benzene rings is 1. The standard InChI is InChI=1S/C14H14N2OS/c1-10-5-6-12(8-11(10)2)14(17)16-15-9-13-4-3-7-18-13/h3-9H,1-2H3,(H,16,17). The molecule has 0 radical (unpaired) electrons. The zero-order valence-corrected chi connectivity index (χ0v) is 11.1. The topological polar surface area (TPSA) is 41.5 Å². The Hall–Kier alpha value is -1.94. The lowest BCUT2D eigenvalue weighted by Crippen LogP contribution is -2.17. The Morgan fingerprint density at radius 3 is 2.78 bits per heavy atom. The smallest absolute Gasteiger partial charge is 0.267 e. The molecule has 0 unspecified atom stereocenters. The maximum atomic E-state index is 11.8. The predicted octanol–water partition coefficient (Wildman–Crippen LogP) is 3.13. The molecule has 0 aliphatic rings. The molecule has 1 aromatic carbocycles. The average molecular weight is 258 g/mol. The molecule has 2 rings (SSSR count). The number of hydrazone groups is 1. The van der Waals surface area contributed by atoms with E-state index in [1.807, 2.05) is 43.5 Å². The van der Waals surface area contributed by atoms with Crippen LogP contribution in [0.3, 0.4) is 0 Å². The summed E-state index contributed by atoms with van der Waals surface area (Å²) in [6.45, 7) is 4.01. The zero-order valence-electron chi connectivity index (χ0n) is 10.3. The number of hydrogen-bond donors (Lipinski definition) is 1. The Kier molecular flexibility index (Phi) is 3.89. The molecule has 0 atom stereocenters. The van der Waals surface area contributed by atoms with E-state index in [0.717, 1.165) is 10.4 Å². The van der Waals surface area contributed by atoms with Gasteiger partial charge < -0.3 is 0 Å². The second kappa shape index (κ2) is 5.60. The van der Waals surface area contributed by atoms with Crippen LogP contribution in [0.2, 0.25) is 0 Å². The second-order valence-corrected chi connectivity index (χ2v) is 4.99. The molecule has 0 bridgehead atoms.